The molecule has 114 valence electrons. The van der Waals surface area contributed by atoms with E-state index in [4.69, 9.17) is 0 Å². The van der Waals surface area contributed by atoms with E-state index >= 15 is 0 Å². The zero-order valence-electron chi connectivity index (χ0n) is 12.7. The molecule has 2 atom stereocenters. The van der Waals surface area contributed by atoms with Crippen LogP contribution >= 0.6 is 0 Å². The normalized spacial score (nSPS) is 30.2. The van der Waals surface area contributed by atoms with Gasteiger partial charge in [-0.25, -0.2) is 9.59 Å². The summed E-state index contributed by atoms with van der Waals surface area (Å²) in [4.78, 5) is 25.1. The van der Waals surface area contributed by atoms with Crippen LogP contribution in [-0.2, 0) is 4.79 Å². The van der Waals surface area contributed by atoms with Crippen molar-refractivity contribution in [3.05, 3.63) is 0 Å². The largest absolute Gasteiger partial charge is 0.480 e. The van der Waals surface area contributed by atoms with Gasteiger partial charge in [0.1, 0.15) is 6.04 Å². The van der Waals surface area contributed by atoms with Crippen molar-refractivity contribution in [2.24, 2.45) is 11.3 Å². The SMILES string of the molecule is CC1CCN(C(=O)NC2CCC(C)(C)CC2)C1C(=O)O. The monoisotopic (exact) mass is 282 g/mol. The molecule has 1 saturated heterocycles. The van der Waals surface area contributed by atoms with Gasteiger partial charge < -0.3 is 15.3 Å². The van der Waals surface area contributed by atoms with Gasteiger partial charge in [0, 0.05) is 12.6 Å². The van der Waals surface area contributed by atoms with Crippen molar-refractivity contribution in [3.63, 3.8) is 0 Å². The lowest BCUT2D eigenvalue weighted by Gasteiger charge is -2.35. The summed E-state index contributed by atoms with van der Waals surface area (Å²) in [6.45, 7) is 6.96. The van der Waals surface area contributed by atoms with Gasteiger partial charge in [-0.05, 0) is 43.4 Å². The Bertz CT molecular complexity index is 385. The summed E-state index contributed by atoms with van der Waals surface area (Å²) in [7, 11) is 0. The molecule has 0 radical (unpaired) electrons. The highest BCUT2D eigenvalue weighted by Crippen LogP contribution is 2.35. The number of nitrogens with one attached hydrogen (secondary N) is 1. The molecule has 1 heterocycles. The predicted octanol–water partition coefficient (Wildman–Crippen LogP) is 2.46. The number of hydrogen-bond acceptors (Lipinski definition) is 2. The number of carboxylic acids is 1. The Morgan fingerprint density at radius 3 is 2.35 bits per heavy atom. The van der Waals surface area contributed by atoms with E-state index in [9.17, 15) is 14.7 Å². The first-order chi connectivity index (χ1) is 9.30. The first-order valence-corrected chi connectivity index (χ1v) is 7.60. The van der Waals surface area contributed by atoms with E-state index in [1.165, 1.54) is 4.90 Å². The molecule has 0 aromatic rings. The van der Waals surface area contributed by atoms with Gasteiger partial charge in [0.25, 0.3) is 0 Å². The molecule has 2 N–H and O–H groups in total. The smallest absolute Gasteiger partial charge is 0.326 e. The van der Waals surface area contributed by atoms with E-state index in [1.54, 1.807) is 0 Å². The first kappa shape index (κ1) is 15.1. The van der Waals surface area contributed by atoms with Crippen LogP contribution in [0.25, 0.3) is 0 Å². The van der Waals surface area contributed by atoms with E-state index in [0.29, 0.717) is 12.0 Å². The summed E-state index contributed by atoms with van der Waals surface area (Å²) < 4.78 is 0. The Kier molecular flexibility index (Phi) is 4.25. The molecule has 1 aliphatic carbocycles. The molecule has 2 unspecified atom stereocenters. The van der Waals surface area contributed by atoms with Crippen molar-refractivity contribution < 1.29 is 14.7 Å². The van der Waals surface area contributed by atoms with Gasteiger partial charge in [-0.15, -0.1) is 0 Å². The number of likely N-dealkylation sites (tertiary alicyclic amines) is 1. The minimum atomic E-state index is -0.894. The van der Waals surface area contributed by atoms with Crippen LogP contribution < -0.4 is 5.32 Å². The molecule has 1 aliphatic heterocycles. The van der Waals surface area contributed by atoms with Gasteiger partial charge >= 0.3 is 12.0 Å². The zero-order valence-corrected chi connectivity index (χ0v) is 12.7. The van der Waals surface area contributed by atoms with Crippen LogP contribution in [0.3, 0.4) is 0 Å². The molecule has 0 aromatic carbocycles. The minimum Gasteiger partial charge on any atom is -0.480 e. The summed E-state index contributed by atoms with van der Waals surface area (Å²) in [6.07, 6.45) is 4.95. The van der Waals surface area contributed by atoms with Crippen LogP contribution in [0.4, 0.5) is 4.79 Å². The average molecular weight is 282 g/mol. The van der Waals surface area contributed by atoms with Crippen LogP contribution in [0.2, 0.25) is 0 Å². The van der Waals surface area contributed by atoms with E-state index in [-0.39, 0.29) is 18.0 Å². The van der Waals surface area contributed by atoms with Crippen LogP contribution in [0, 0.1) is 11.3 Å². The van der Waals surface area contributed by atoms with Gasteiger partial charge in [-0.1, -0.05) is 20.8 Å². The number of nitrogens with zero attached hydrogens (tertiary/aromatic N) is 1. The Morgan fingerprint density at radius 2 is 1.80 bits per heavy atom. The highest BCUT2D eigenvalue weighted by atomic mass is 16.4. The average Bonchev–Trinajstić information content (AvgIpc) is 2.74. The topological polar surface area (TPSA) is 69.6 Å². The highest BCUT2D eigenvalue weighted by molar-refractivity contribution is 5.83. The van der Waals surface area contributed by atoms with Gasteiger partial charge in [-0.2, -0.15) is 0 Å². The van der Waals surface area contributed by atoms with E-state index in [0.717, 1.165) is 32.1 Å². The number of amides is 2. The predicted molar refractivity (Wildman–Crippen MR) is 76.5 cm³/mol. The Balaban J connectivity index is 1.90. The van der Waals surface area contributed by atoms with Crippen molar-refractivity contribution in [3.8, 4) is 0 Å². The lowest BCUT2D eigenvalue weighted by atomic mass is 9.75. The van der Waals surface area contributed by atoms with Crippen molar-refractivity contribution in [1.82, 2.24) is 10.2 Å². The Labute approximate surface area is 120 Å². The van der Waals surface area contributed by atoms with E-state index in [1.807, 2.05) is 6.92 Å². The summed E-state index contributed by atoms with van der Waals surface area (Å²) in [5.41, 5.74) is 0.368. The summed E-state index contributed by atoms with van der Waals surface area (Å²) in [6, 6.07) is -0.678. The number of hydrogen-bond donors (Lipinski definition) is 2. The summed E-state index contributed by atoms with van der Waals surface area (Å²) in [5.74, 6) is -0.863. The third-order valence-electron chi connectivity index (χ3n) is 4.88. The number of aliphatic carboxylic acids is 1. The van der Waals surface area contributed by atoms with Crippen molar-refractivity contribution in [2.75, 3.05) is 6.54 Å². The van der Waals surface area contributed by atoms with Gasteiger partial charge in [0.05, 0.1) is 0 Å². The fraction of sp³-hybridized carbons (Fsp3) is 0.867. The van der Waals surface area contributed by atoms with Crippen LogP contribution in [-0.4, -0.2) is 40.6 Å². The molecule has 1 saturated carbocycles. The number of urea groups is 1. The second kappa shape index (κ2) is 5.62. The van der Waals surface area contributed by atoms with E-state index < -0.39 is 12.0 Å². The number of carboxylic acid groups (broad SMARTS) is 1. The molecule has 0 aromatic heterocycles. The minimum absolute atomic E-state index is 0.0311. The Morgan fingerprint density at radius 1 is 1.20 bits per heavy atom. The van der Waals surface area contributed by atoms with Crippen LogP contribution in [0.1, 0.15) is 52.9 Å². The fourth-order valence-electron chi connectivity index (χ4n) is 3.35. The molecule has 20 heavy (non-hydrogen) atoms. The molecule has 2 fully saturated rings. The third-order valence-corrected chi connectivity index (χ3v) is 4.88. The van der Waals surface area contributed by atoms with Gasteiger partial charge in [0.15, 0.2) is 0 Å². The maximum Gasteiger partial charge on any atom is 0.326 e. The summed E-state index contributed by atoms with van der Waals surface area (Å²) in [5, 5.41) is 12.3. The molecule has 2 aliphatic rings. The molecule has 0 bridgehead atoms. The molecule has 2 amide bonds. The van der Waals surface area contributed by atoms with E-state index in [2.05, 4.69) is 19.2 Å². The summed E-state index contributed by atoms with van der Waals surface area (Å²) >= 11 is 0. The van der Waals surface area contributed by atoms with Crippen molar-refractivity contribution >= 4 is 12.0 Å². The standard InChI is InChI=1S/C15H26N2O3/c1-10-6-9-17(12(10)13(18)19)14(20)16-11-4-7-15(2,3)8-5-11/h10-12H,4-9H2,1-3H3,(H,16,20)(H,18,19). The fourth-order valence-corrected chi connectivity index (χ4v) is 3.35. The van der Waals surface area contributed by atoms with Crippen LogP contribution in [0.15, 0.2) is 0 Å². The van der Waals surface area contributed by atoms with Gasteiger partial charge in [0.2, 0.25) is 0 Å². The third kappa shape index (κ3) is 3.25. The molecular formula is C15H26N2O3. The second-order valence-corrected chi connectivity index (χ2v) is 7.13. The van der Waals surface area contributed by atoms with Crippen molar-refractivity contribution in [2.45, 2.75) is 65.0 Å². The van der Waals surface area contributed by atoms with Crippen LogP contribution in [0.5, 0.6) is 0 Å². The molecular weight excluding hydrogens is 256 g/mol. The number of rotatable bonds is 2. The number of carbonyl (C=O) groups is 2. The maximum absolute atomic E-state index is 12.3. The van der Waals surface area contributed by atoms with Crippen molar-refractivity contribution in [1.29, 1.82) is 0 Å². The Hall–Kier alpha value is -1.26. The molecule has 5 heteroatoms. The zero-order chi connectivity index (χ0) is 14.9. The van der Waals surface area contributed by atoms with Gasteiger partial charge in [-0.3, -0.25) is 0 Å². The molecule has 2 rings (SSSR count). The molecule has 5 nitrogen and oxygen atoms in total. The maximum atomic E-state index is 12.3. The lowest BCUT2D eigenvalue weighted by Crippen LogP contribution is -2.51. The lowest BCUT2D eigenvalue weighted by molar-refractivity contribution is -0.142. The molecule has 0 spiro atoms. The first-order valence-electron chi connectivity index (χ1n) is 7.60. The highest BCUT2D eigenvalue weighted by Gasteiger charge is 2.40. The second-order valence-electron chi connectivity index (χ2n) is 7.13. The quantitative estimate of drug-likeness (QED) is 0.817. The number of carbonyl (C=O) groups excluding carboxylic acids is 1.